The highest BCUT2D eigenvalue weighted by Crippen LogP contribution is 2.22. The van der Waals surface area contributed by atoms with Crippen LogP contribution in [0.1, 0.15) is 36.8 Å². The molecule has 2 rings (SSSR count). The lowest BCUT2D eigenvalue weighted by Crippen LogP contribution is -2.32. The molecule has 0 aliphatic rings. The van der Waals surface area contributed by atoms with Gasteiger partial charge in [-0.05, 0) is 45.0 Å². The van der Waals surface area contributed by atoms with Gasteiger partial charge in [-0.15, -0.1) is 0 Å². The summed E-state index contributed by atoms with van der Waals surface area (Å²) >= 11 is 0. The van der Waals surface area contributed by atoms with Gasteiger partial charge in [0.15, 0.2) is 0 Å². The minimum absolute atomic E-state index is 0.0169. The number of phenols is 1. The zero-order valence-corrected chi connectivity index (χ0v) is 14.4. The summed E-state index contributed by atoms with van der Waals surface area (Å²) in [6.45, 7) is 5.45. The Morgan fingerprint density at radius 1 is 1.20 bits per heavy atom. The number of aromatic nitrogens is 1. The molecule has 0 unspecified atom stereocenters. The van der Waals surface area contributed by atoms with Crippen LogP contribution in [0.15, 0.2) is 42.6 Å². The molecule has 25 heavy (non-hydrogen) atoms. The van der Waals surface area contributed by atoms with E-state index < -0.39 is 11.7 Å². The minimum atomic E-state index is -0.586. The van der Waals surface area contributed by atoms with Gasteiger partial charge in [-0.2, -0.15) is 0 Å². The molecule has 0 bridgehead atoms. The van der Waals surface area contributed by atoms with E-state index in [9.17, 15) is 14.7 Å². The Hall–Kier alpha value is -3.09. The first kappa shape index (κ1) is 18.3. The summed E-state index contributed by atoms with van der Waals surface area (Å²) in [4.78, 5) is 28.1. The van der Waals surface area contributed by atoms with E-state index in [0.29, 0.717) is 16.9 Å². The molecule has 7 heteroatoms. The number of carbonyl (C=O) groups excluding carboxylic acids is 2. The maximum atomic E-state index is 12.3. The van der Waals surface area contributed by atoms with E-state index in [-0.39, 0.29) is 18.2 Å². The standard InChI is InChI=1S/C18H21N3O4/c1-18(2,3)25-17(24)20-11-13-10-12(8-9-19-13)16(23)21-14-6-4-5-7-15(14)22/h4-10,22H,11H2,1-3H3,(H,20,24)(H,21,23). The van der Waals surface area contributed by atoms with Crippen LogP contribution in [0.2, 0.25) is 0 Å². The molecule has 2 aromatic rings. The first-order valence-corrected chi connectivity index (χ1v) is 7.76. The smallest absolute Gasteiger partial charge is 0.407 e. The number of nitrogens with zero attached hydrogens (tertiary/aromatic N) is 1. The maximum absolute atomic E-state index is 12.3. The van der Waals surface area contributed by atoms with Crippen molar-refractivity contribution in [1.29, 1.82) is 0 Å². The van der Waals surface area contributed by atoms with Crippen LogP contribution in [-0.2, 0) is 11.3 Å². The van der Waals surface area contributed by atoms with Crippen molar-refractivity contribution in [2.45, 2.75) is 32.9 Å². The SMILES string of the molecule is CC(C)(C)OC(=O)NCc1cc(C(=O)Nc2ccccc2O)ccn1. The van der Waals surface area contributed by atoms with Gasteiger partial charge in [0.05, 0.1) is 17.9 Å². The van der Waals surface area contributed by atoms with Gasteiger partial charge in [-0.3, -0.25) is 9.78 Å². The van der Waals surface area contributed by atoms with Gasteiger partial charge in [0, 0.05) is 11.8 Å². The first-order chi connectivity index (χ1) is 11.7. The van der Waals surface area contributed by atoms with E-state index in [1.54, 1.807) is 51.1 Å². The molecule has 7 nitrogen and oxygen atoms in total. The number of amides is 2. The van der Waals surface area contributed by atoms with Crippen molar-refractivity contribution in [3.63, 3.8) is 0 Å². The molecule has 0 radical (unpaired) electrons. The van der Waals surface area contributed by atoms with Gasteiger partial charge >= 0.3 is 6.09 Å². The number of pyridine rings is 1. The molecule has 132 valence electrons. The van der Waals surface area contributed by atoms with Crippen LogP contribution in [-0.4, -0.2) is 27.7 Å². The first-order valence-electron chi connectivity index (χ1n) is 7.76. The molecule has 0 saturated carbocycles. The minimum Gasteiger partial charge on any atom is -0.506 e. The third-order valence-electron chi connectivity index (χ3n) is 3.04. The van der Waals surface area contributed by atoms with Crippen molar-refractivity contribution in [1.82, 2.24) is 10.3 Å². The molecule has 0 spiro atoms. The van der Waals surface area contributed by atoms with Crippen molar-refractivity contribution >= 4 is 17.7 Å². The molecule has 2 amide bonds. The van der Waals surface area contributed by atoms with Crippen LogP contribution in [0, 0.1) is 0 Å². The van der Waals surface area contributed by atoms with Crippen LogP contribution < -0.4 is 10.6 Å². The van der Waals surface area contributed by atoms with E-state index in [1.165, 1.54) is 12.3 Å². The summed E-state index contributed by atoms with van der Waals surface area (Å²) in [5.74, 6) is -0.404. The number of nitrogens with one attached hydrogen (secondary N) is 2. The molecule has 0 atom stereocenters. The van der Waals surface area contributed by atoms with E-state index in [1.807, 2.05) is 0 Å². The van der Waals surface area contributed by atoms with Gasteiger partial charge in [0.25, 0.3) is 5.91 Å². The number of hydrogen-bond acceptors (Lipinski definition) is 5. The quantitative estimate of drug-likeness (QED) is 0.741. The van der Waals surface area contributed by atoms with Gasteiger partial charge < -0.3 is 20.5 Å². The highest BCUT2D eigenvalue weighted by atomic mass is 16.6. The predicted molar refractivity (Wildman–Crippen MR) is 93.4 cm³/mol. The topological polar surface area (TPSA) is 101 Å². The Labute approximate surface area is 146 Å². The molecule has 1 aromatic carbocycles. The molecular formula is C18H21N3O4. The third kappa shape index (κ3) is 5.80. The van der Waals surface area contributed by atoms with Crippen LogP contribution >= 0.6 is 0 Å². The number of aromatic hydroxyl groups is 1. The Balaban J connectivity index is 2.00. The molecular weight excluding hydrogens is 322 g/mol. The number of phenolic OH excluding ortho intramolecular Hbond substituents is 1. The zero-order valence-electron chi connectivity index (χ0n) is 14.4. The van der Waals surface area contributed by atoms with E-state index in [0.717, 1.165) is 0 Å². The number of carbonyl (C=O) groups is 2. The van der Waals surface area contributed by atoms with Crippen LogP contribution in [0.5, 0.6) is 5.75 Å². The molecule has 0 saturated heterocycles. The second-order valence-electron chi connectivity index (χ2n) is 6.36. The predicted octanol–water partition coefficient (Wildman–Crippen LogP) is 3.06. The molecule has 3 N–H and O–H groups in total. The van der Waals surface area contributed by atoms with Gasteiger partial charge in [0.2, 0.25) is 0 Å². The van der Waals surface area contributed by atoms with Crippen LogP contribution in [0.3, 0.4) is 0 Å². The summed E-state index contributed by atoms with van der Waals surface area (Å²) < 4.78 is 5.14. The van der Waals surface area contributed by atoms with Crippen LogP contribution in [0.25, 0.3) is 0 Å². The van der Waals surface area contributed by atoms with Crippen molar-refractivity contribution in [3.05, 3.63) is 53.9 Å². The average Bonchev–Trinajstić information content (AvgIpc) is 2.54. The number of benzene rings is 1. The lowest BCUT2D eigenvalue weighted by molar-refractivity contribution is 0.0523. The van der Waals surface area contributed by atoms with E-state index >= 15 is 0 Å². The van der Waals surface area contributed by atoms with E-state index in [2.05, 4.69) is 15.6 Å². The summed E-state index contributed by atoms with van der Waals surface area (Å²) in [5, 5.41) is 14.9. The van der Waals surface area contributed by atoms with Crippen molar-refractivity contribution in [2.24, 2.45) is 0 Å². The number of anilines is 1. The largest absolute Gasteiger partial charge is 0.506 e. The summed E-state index contributed by atoms with van der Waals surface area (Å²) in [6.07, 6.45) is 0.921. The average molecular weight is 343 g/mol. The van der Waals surface area contributed by atoms with E-state index in [4.69, 9.17) is 4.74 Å². The number of alkyl carbamates (subject to hydrolysis) is 1. The molecule has 1 aromatic heterocycles. The van der Waals surface area contributed by atoms with Gasteiger partial charge in [-0.1, -0.05) is 12.1 Å². The zero-order chi connectivity index (χ0) is 18.4. The third-order valence-corrected chi connectivity index (χ3v) is 3.04. The van der Waals surface area contributed by atoms with Gasteiger partial charge in [0.1, 0.15) is 11.4 Å². The second-order valence-corrected chi connectivity index (χ2v) is 6.36. The molecule has 0 fully saturated rings. The summed E-state index contributed by atoms with van der Waals surface area (Å²) in [5.41, 5.74) is 0.601. The molecule has 0 aliphatic heterocycles. The molecule has 1 heterocycles. The summed E-state index contributed by atoms with van der Waals surface area (Å²) in [7, 11) is 0. The van der Waals surface area contributed by atoms with Crippen molar-refractivity contribution in [2.75, 3.05) is 5.32 Å². The van der Waals surface area contributed by atoms with Crippen molar-refractivity contribution in [3.8, 4) is 5.75 Å². The fourth-order valence-corrected chi connectivity index (χ4v) is 1.97. The Morgan fingerprint density at radius 3 is 2.60 bits per heavy atom. The Bertz CT molecular complexity index is 769. The number of rotatable bonds is 4. The fraction of sp³-hybridized carbons (Fsp3) is 0.278. The Morgan fingerprint density at radius 2 is 1.92 bits per heavy atom. The second kappa shape index (κ2) is 7.65. The normalized spacial score (nSPS) is 10.8. The Kier molecular flexibility index (Phi) is 5.59. The molecule has 0 aliphatic carbocycles. The monoisotopic (exact) mass is 343 g/mol. The lowest BCUT2D eigenvalue weighted by atomic mass is 10.2. The fourth-order valence-electron chi connectivity index (χ4n) is 1.97. The number of hydrogen-bond donors (Lipinski definition) is 3. The highest BCUT2D eigenvalue weighted by molar-refractivity contribution is 6.05. The lowest BCUT2D eigenvalue weighted by Gasteiger charge is -2.19. The van der Waals surface area contributed by atoms with Crippen molar-refractivity contribution < 1.29 is 19.4 Å². The highest BCUT2D eigenvalue weighted by Gasteiger charge is 2.16. The number of para-hydroxylation sites is 2. The van der Waals surface area contributed by atoms with Gasteiger partial charge in [-0.25, -0.2) is 4.79 Å². The summed E-state index contributed by atoms with van der Waals surface area (Å²) in [6, 6.07) is 9.56. The van der Waals surface area contributed by atoms with Crippen LogP contribution in [0.4, 0.5) is 10.5 Å². The maximum Gasteiger partial charge on any atom is 0.407 e. The number of ether oxygens (including phenoxy) is 1.